The quantitative estimate of drug-likeness (QED) is 0.467. The zero-order valence-corrected chi connectivity index (χ0v) is 18.4. The third-order valence-corrected chi connectivity index (χ3v) is 6.00. The second-order valence-corrected chi connectivity index (χ2v) is 8.76. The average molecular weight is 451 g/mol. The highest BCUT2D eigenvalue weighted by Gasteiger charge is 2.37. The molecule has 1 aliphatic heterocycles. The van der Waals surface area contributed by atoms with Crippen molar-refractivity contribution in [3.05, 3.63) is 76.7 Å². The second-order valence-electron chi connectivity index (χ2n) is 8.33. The fourth-order valence-corrected chi connectivity index (χ4v) is 3.91. The summed E-state index contributed by atoms with van der Waals surface area (Å²) in [5, 5.41) is 17.5. The van der Waals surface area contributed by atoms with Crippen LogP contribution in [0.15, 0.2) is 54.7 Å². The summed E-state index contributed by atoms with van der Waals surface area (Å²) in [5.74, 6) is -0.212. The van der Waals surface area contributed by atoms with Crippen molar-refractivity contribution in [1.82, 2.24) is 30.1 Å². The number of ether oxygens (including phenoxy) is 1. The summed E-state index contributed by atoms with van der Waals surface area (Å²) in [6.07, 6.45) is 1.92. The Hall–Kier alpha value is -3.23. The molecular weight excluding hydrogens is 428 g/mol. The topological polar surface area (TPSA) is 86.9 Å². The fourth-order valence-electron chi connectivity index (χ4n) is 3.79. The Morgan fingerprint density at radius 1 is 1.19 bits per heavy atom. The van der Waals surface area contributed by atoms with Crippen LogP contribution in [0.1, 0.15) is 28.7 Å². The maximum absolute atomic E-state index is 12.9. The van der Waals surface area contributed by atoms with Crippen molar-refractivity contribution in [2.45, 2.75) is 25.4 Å². The molecule has 164 valence electrons. The van der Waals surface area contributed by atoms with E-state index in [4.69, 9.17) is 16.3 Å². The number of aromatic nitrogens is 5. The minimum Gasteiger partial charge on any atom is -0.379 e. The molecule has 0 spiro atoms. The summed E-state index contributed by atoms with van der Waals surface area (Å²) in [6, 6.07) is 15.4. The van der Waals surface area contributed by atoms with Gasteiger partial charge in [-0.05, 0) is 30.7 Å². The van der Waals surface area contributed by atoms with E-state index in [-0.39, 0.29) is 11.3 Å². The van der Waals surface area contributed by atoms with Crippen molar-refractivity contribution in [1.29, 1.82) is 0 Å². The van der Waals surface area contributed by atoms with Crippen LogP contribution in [0.3, 0.4) is 0 Å². The van der Waals surface area contributed by atoms with Crippen LogP contribution in [-0.2, 0) is 23.2 Å². The smallest absolute Gasteiger partial charge is 0.272 e. The van der Waals surface area contributed by atoms with Gasteiger partial charge in [0.1, 0.15) is 0 Å². The first-order chi connectivity index (χ1) is 15.5. The molecular formula is C23H23ClN6O2. The second kappa shape index (κ2) is 8.37. The molecule has 0 radical (unpaired) electrons. The summed E-state index contributed by atoms with van der Waals surface area (Å²) in [5.41, 5.74) is 3.23. The number of carbonyl (C=O) groups excluding carboxylic acids is 1. The minimum absolute atomic E-state index is 0.0582. The van der Waals surface area contributed by atoms with Crippen LogP contribution in [0.2, 0.25) is 5.02 Å². The normalized spacial score (nSPS) is 14.9. The zero-order valence-electron chi connectivity index (χ0n) is 17.7. The van der Waals surface area contributed by atoms with Gasteiger partial charge in [-0.2, -0.15) is 5.10 Å². The van der Waals surface area contributed by atoms with E-state index in [0.717, 1.165) is 22.2 Å². The van der Waals surface area contributed by atoms with Crippen LogP contribution in [0.25, 0.3) is 10.9 Å². The summed E-state index contributed by atoms with van der Waals surface area (Å²) in [6.45, 7) is 4.93. The van der Waals surface area contributed by atoms with Crippen molar-refractivity contribution < 1.29 is 9.53 Å². The minimum atomic E-state index is -0.212. The lowest BCUT2D eigenvalue weighted by atomic mass is 9.85. The maximum atomic E-state index is 12.9. The largest absolute Gasteiger partial charge is 0.379 e. The molecule has 5 rings (SSSR count). The molecule has 0 saturated carbocycles. The number of halogens is 1. The molecule has 9 heteroatoms. The van der Waals surface area contributed by atoms with Crippen LogP contribution < -0.4 is 5.32 Å². The maximum Gasteiger partial charge on any atom is 0.272 e. The number of rotatable bonds is 7. The molecule has 1 saturated heterocycles. The van der Waals surface area contributed by atoms with Gasteiger partial charge in [-0.3, -0.25) is 14.2 Å². The highest BCUT2D eigenvalue weighted by Crippen LogP contribution is 2.29. The monoisotopic (exact) mass is 450 g/mol. The van der Waals surface area contributed by atoms with E-state index in [2.05, 4.69) is 27.7 Å². The van der Waals surface area contributed by atoms with Crippen molar-refractivity contribution in [3.8, 4) is 0 Å². The molecule has 1 N–H and O–H groups in total. The molecule has 0 unspecified atom stereocenters. The van der Waals surface area contributed by atoms with Gasteiger partial charge in [-0.1, -0.05) is 47.1 Å². The highest BCUT2D eigenvalue weighted by atomic mass is 35.5. The number of hydrogen-bond acceptors (Lipinski definition) is 5. The van der Waals surface area contributed by atoms with Crippen LogP contribution >= 0.6 is 11.6 Å². The summed E-state index contributed by atoms with van der Waals surface area (Å²) in [7, 11) is 0. The number of carbonyl (C=O) groups is 1. The van der Waals surface area contributed by atoms with Gasteiger partial charge in [0.2, 0.25) is 0 Å². The number of nitrogens with one attached hydrogen (secondary N) is 1. The Labute approximate surface area is 190 Å². The first-order valence-corrected chi connectivity index (χ1v) is 10.9. The number of benzene rings is 2. The Morgan fingerprint density at radius 3 is 2.72 bits per heavy atom. The fraction of sp³-hybridized carbons (Fsp3) is 0.304. The zero-order chi connectivity index (χ0) is 22.1. The SMILES string of the molecule is CC1(c2cn(CCNC(=O)c3nn(Cc4ccc(Cl)cc4)c4ccccc34)nn2)COC1. The summed E-state index contributed by atoms with van der Waals surface area (Å²) >= 11 is 5.99. The van der Waals surface area contributed by atoms with Crippen molar-refractivity contribution in [2.75, 3.05) is 19.8 Å². The lowest BCUT2D eigenvalue weighted by molar-refractivity contribution is -0.0521. The van der Waals surface area contributed by atoms with E-state index in [0.29, 0.717) is 43.6 Å². The highest BCUT2D eigenvalue weighted by molar-refractivity contribution is 6.30. The number of nitrogens with zero attached hydrogens (tertiary/aromatic N) is 5. The Kier molecular flexibility index (Phi) is 5.40. The molecule has 2 aromatic heterocycles. The summed E-state index contributed by atoms with van der Waals surface area (Å²) < 4.78 is 8.89. The van der Waals surface area contributed by atoms with Crippen LogP contribution in [0, 0.1) is 0 Å². The summed E-state index contributed by atoms with van der Waals surface area (Å²) in [4.78, 5) is 12.9. The van der Waals surface area contributed by atoms with E-state index >= 15 is 0 Å². The van der Waals surface area contributed by atoms with E-state index < -0.39 is 0 Å². The number of fused-ring (bicyclic) bond motifs is 1. The number of para-hydroxylation sites is 1. The van der Waals surface area contributed by atoms with E-state index in [1.807, 2.05) is 59.4 Å². The molecule has 1 fully saturated rings. The average Bonchev–Trinajstić information content (AvgIpc) is 3.39. The van der Waals surface area contributed by atoms with E-state index in [1.54, 1.807) is 4.68 Å². The van der Waals surface area contributed by atoms with Gasteiger partial charge in [0.15, 0.2) is 5.69 Å². The van der Waals surface area contributed by atoms with Crippen molar-refractivity contribution >= 4 is 28.4 Å². The standard InChI is InChI=1S/C23H23ClN6O2/c1-23(14-32-15-23)20-13-29(28-26-20)11-10-25-22(31)21-18-4-2-3-5-19(18)30(27-21)12-16-6-8-17(24)9-7-16/h2-9,13H,10-12,14-15H2,1H3,(H,25,31). The van der Waals surface area contributed by atoms with Gasteiger partial charge in [-0.15, -0.1) is 5.10 Å². The molecule has 4 aromatic rings. The van der Waals surface area contributed by atoms with Crippen LogP contribution in [-0.4, -0.2) is 50.4 Å². The van der Waals surface area contributed by atoms with Gasteiger partial charge in [0.25, 0.3) is 5.91 Å². The third-order valence-electron chi connectivity index (χ3n) is 5.74. The van der Waals surface area contributed by atoms with Crippen LogP contribution in [0.4, 0.5) is 0 Å². The van der Waals surface area contributed by atoms with Gasteiger partial charge < -0.3 is 10.1 Å². The predicted octanol–water partition coefficient (Wildman–Crippen LogP) is 3.05. The first kappa shape index (κ1) is 20.7. The molecule has 32 heavy (non-hydrogen) atoms. The molecule has 0 atom stereocenters. The van der Waals surface area contributed by atoms with E-state index in [1.165, 1.54) is 0 Å². The van der Waals surface area contributed by atoms with Gasteiger partial charge in [0.05, 0.1) is 42.9 Å². The van der Waals surface area contributed by atoms with Gasteiger partial charge >= 0.3 is 0 Å². The Morgan fingerprint density at radius 2 is 1.97 bits per heavy atom. The van der Waals surface area contributed by atoms with Crippen molar-refractivity contribution in [2.24, 2.45) is 0 Å². The first-order valence-electron chi connectivity index (χ1n) is 10.5. The predicted molar refractivity (Wildman–Crippen MR) is 121 cm³/mol. The van der Waals surface area contributed by atoms with Gasteiger partial charge in [-0.25, -0.2) is 0 Å². The molecule has 0 bridgehead atoms. The molecule has 2 aromatic carbocycles. The molecule has 1 aliphatic rings. The molecule has 8 nitrogen and oxygen atoms in total. The van der Waals surface area contributed by atoms with Crippen molar-refractivity contribution in [3.63, 3.8) is 0 Å². The lowest BCUT2D eigenvalue weighted by Gasteiger charge is -2.35. The molecule has 1 amide bonds. The Balaban J connectivity index is 1.28. The third kappa shape index (κ3) is 3.99. The molecule has 3 heterocycles. The lowest BCUT2D eigenvalue weighted by Crippen LogP contribution is -2.44. The van der Waals surface area contributed by atoms with Gasteiger partial charge in [0, 0.05) is 23.2 Å². The van der Waals surface area contributed by atoms with Crippen LogP contribution in [0.5, 0.6) is 0 Å². The number of amides is 1. The van der Waals surface area contributed by atoms with E-state index in [9.17, 15) is 4.79 Å². The number of hydrogen-bond donors (Lipinski definition) is 1. The molecule has 0 aliphatic carbocycles. The Bertz CT molecular complexity index is 1260.